The smallest absolute Gasteiger partial charge is 0.376 e. The summed E-state index contributed by atoms with van der Waals surface area (Å²) in [6.45, 7) is 0. The van der Waals surface area contributed by atoms with Gasteiger partial charge < -0.3 is 10.2 Å². The molecule has 0 heterocycles. The third-order valence-electron chi connectivity index (χ3n) is 1.02. The summed E-state index contributed by atoms with van der Waals surface area (Å²) in [4.78, 5) is 40.6. The number of allylic oxidation sites excluding steroid dienone is 1. The Labute approximate surface area is 72.5 Å². The molecule has 0 unspecified atom stereocenters. The second-order valence-electron chi connectivity index (χ2n) is 2.00. The van der Waals surface area contributed by atoms with Crippen LogP contribution in [0.15, 0.2) is 12.2 Å². The van der Waals surface area contributed by atoms with Gasteiger partial charge in [0, 0.05) is 6.42 Å². The van der Waals surface area contributed by atoms with E-state index in [9.17, 15) is 19.2 Å². The van der Waals surface area contributed by atoms with Gasteiger partial charge in [-0.25, -0.2) is 9.59 Å². The first-order valence-electron chi connectivity index (χ1n) is 3.15. The number of aliphatic carboxylic acids is 2. The van der Waals surface area contributed by atoms with Crippen LogP contribution >= 0.6 is 0 Å². The van der Waals surface area contributed by atoms with Gasteiger partial charge in [0.15, 0.2) is 0 Å². The fourth-order valence-electron chi connectivity index (χ4n) is 0.432. The third kappa shape index (κ3) is 4.46. The Morgan fingerprint density at radius 3 is 1.92 bits per heavy atom. The quantitative estimate of drug-likeness (QED) is 0.431. The van der Waals surface area contributed by atoms with Crippen molar-refractivity contribution >= 4 is 23.5 Å². The molecule has 0 spiro atoms. The molecule has 0 aromatic heterocycles. The molecule has 0 atom stereocenters. The number of carboxylic acids is 2. The molecule has 2 N–H and O–H groups in total. The lowest BCUT2D eigenvalue weighted by Crippen LogP contribution is -2.12. The molecule has 0 aromatic rings. The Morgan fingerprint density at radius 1 is 1.00 bits per heavy atom. The van der Waals surface area contributed by atoms with Crippen LogP contribution in [0.4, 0.5) is 0 Å². The van der Waals surface area contributed by atoms with Gasteiger partial charge in [0.2, 0.25) is 5.78 Å². The molecule has 0 aliphatic rings. The molecule has 0 saturated carbocycles. The summed E-state index contributed by atoms with van der Waals surface area (Å²) in [5.41, 5.74) is 0. The van der Waals surface area contributed by atoms with Gasteiger partial charge in [-0.2, -0.15) is 0 Å². The Hall–Kier alpha value is -1.98. The summed E-state index contributed by atoms with van der Waals surface area (Å²) < 4.78 is 0. The molecule has 0 aliphatic carbocycles. The van der Waals surface area contributed by atoms with Gasteiger partial charge in [-0.05, 0) is 6.08 Å². The van der Waals surface area contributed by atoms with Crippen molar-refractivity contribution in [1.29, 1.82) is 0 Å². The van der Waals surface area contributed by atoms with Crippen molar-refractivity contribution in [3.8, 4) is 0 Å². The van der Waals surface area contributed by atoms with E-state index in [1.165, 1.54) is 0 Å². The van der Waals surface area contributed by atoms with Gasteiger partial charge in [-0.15, -0.1) is 0 Å². The van der Waals surface area contributed by atoms with Crippen LogP contribution in [0.3, 0.4) is 0 Å². The fourth-order valence-corrected chi connectivity index (χ4v) is 0.432. The van der Waals surface area contributed by atoms with E-state index in [4.69, 9.17) is 10.2 Å². The van der Waals surface area contributed by atoms with Crippen molar-refractivity contribution < 1.29 is 29.4 Å². The van der Waals surface area contributed by atoms with E-state index >= 15 is 0 Å². The summed E-state index contributed by atoms with van der Waals surface area (Å²) in [5.74, 6) is -5.57. The van der Waals surface area contributed by atoms with Crippen molar-refractivity contribution in [2.45, 2.75) is 6.42 Å². The zero-order valence-electron chi connectivity index (χ0n) is 6.39. The largest absolute Gasteiger partial charge is 0.475 e. The van der Waals surface area contributed by atoms with Crippen LogP contribution in [-0.4, -0.2) is 33.7 Å². The molecule has 70 valence electrons. The molecular weight excluding hydrogens is 180 g/mol. The number of rotatable bonds is 5. The number of carboxylic acid groups (broad SMARTS) is 2. The van der Waals surface area contributed by atoms with E-state index in [0.29, 0.717) is 6.08 Å². The van der Waals surface area contributed by atoms with Crippen LogP contribution in [0.25, 0.3) is 0 Å². The zero-order chi connectivity index (χ0) is 10.4. The van der Waals surface area contributed by atoms with Gasteiger partial charge in [0.25, 0.3) is 5.78 Å². The van der Waals surface area contributed by atoms with Crippen LogP contribution in [0.5, 0.6) is 0 Å². The van der Waals surface area contributed by atoms with Crippen molar-refractivity contribution in [2.75, 3.05) is 0 Å². The number of ketones is 2. The van der Waals surface area contributed by atoms with Crippen LogP contribution < -0.4 is 0 Å². The molecule has 0 aliphatic heterocycles. The fraction of sp³-hybridized carbons (Fsp3) is 0.143. The lowest BCUT2D eigenvalue weighted by atomic mass is 10.2. The van der Waals surface area contributed by atoms with E-state index in [0.717, 1.165) is 6.08 Å². The maximum Gasteiger partial charge on any atom is 0.376 e. The predicted octanol–water partition coefficient (Wildman–Crippen LogP) is -0.760. The van der Waals surface area contributed by atoms with E-state index in [1.54, 1.807) is 0 Å². The number of Topliss-reactive ketones (excluding diaryl/α,β-unsaturated/α-hetero) is 1. The molecule has 0 amide bonds. The summed E-state index contributed by atoms with van der Waals surface area (Å²) >= 11 is 0. The monoisotopic (exact) mass is 186 g/mol. The van der Waals surface area contributed by atoms with Gasteiger partial charge >= 0.3 is 11.9 Å². The predicted molar refractivity (Wildman–Crippen MR) is 39.0 cm³/mol. The first kappa shape index (κ1) is 11.0. The summed E-state index contributed by atoms with van der Waals surface area (Å²) in [6.07, 6.45) is 1.05. The number of carbonyl (C=O) groups excluding carboxylic acids is 2. The maximum absolute atomic E-state index is 10.4. The highest BCUT2D eigenvalue weighted by Crippen LogP contribution is 1.87. The molecule has 13 heavy (non-hydrogen) atoms. The number of hydrogen-bond donors (Lipinski definition) is 2. The Morgan fingerprint density at radius 2 is 1.54 bits per heavy atom. The van der Waals surface area contributed by atoms with Gasteiger partial charge in [-0.1, -0.05) is 6.08 Å². The van der Waals surface area contributed by atoms with Crippen LogP contribution in [0.1, 0.15) is 6.42 Å². The second kappa shape index (κ2) is 4.81. The Bertz CT molecular complexity index is 287. The highest BCUT2D eigenvalue weighted by atomic mass is 16.4. The van der Waals surface area contributed by atoms with Crippen LogP contribution in [0.2, 0.25) is 0 Å². The van der Waals surface area contributed by atoms with Crippen LogP contribution in [-0.2, 0) is 19.2 Å². The summed E-state index contributed by atoms with van der Waals surface area (Å²) in [6, 6.07) is 0. The van der Waals surface area contributed by atoms with Crippen molar-refractivity contribution in [2.24, 2.45) is 0 Å². The molecule has 6 heteroatoms. The molecular formula is C7H6O6. The van der Waals surface area contributed by atoms with Crippen molar-refractivity contribution in [3.63, 3.8) is 0 Å². The van der Waals surface area contributed by atoms with Crippen molar-refractivity contribution in [1.82, 2.24) is 0 Å². The van der Waals surface area contributed by atoms with Crippen molar-refractivity contribution in [3.05, 3.63) is 12.2 Å². The standard InChI is InChI=1S/C7H6O6/c8-4(6(10)11)2-1-3-5(9)7(12)13/h1-2H,3H2,(H,10,11)(H,12,13). The average molecular weight is 186 g/mol. The van der Waals surface area contributed by atoms with E-state index in [2.05, 4.69) is 0 Å². The third-order valence-corrected chi connectivity index (χ3v) is 1.02. The van der Waals surface area contributed by atoms with Gasteiger partial charge in [-0.3, -0.25) is 9.59 Å². The number of carbonyl (C=O) groups is 4. The molecule has 0 rings (SSSR count). The minimum absolute atomic E-state index is 0.492. The summed E-state index contributed by atoms with van der Waals surface area (Å²) in [7, 11) is 0. The minimum atomic E-state index is -1.65. The molecule has 0 saturated heterocycles. The minimum Gasteiger partial charge on any atom is -0.475 e. The molecule has 0 bridgehead atoms. The molecule has 6 nitrogen and oxygen atoms in total. The van der Waals surface area contributed by atoms with Gasteiger partial charge in [0.05, 0.1) is 0 Å². The van der Waals surface area contributed by atoms with Gasteiger partial charge in [0.1, 0.15) is 0 Å². The average Bonchev–Trinajstić information content (AvgIpc) is 2.03. The highest BCUT2D eigenvalue weighted by Gasteiger charge is 2.10. The Balaban J connectivity index is 4.03. The normalized spacial score (nSPS) is 9.85. The zero-order valence-corrected chi connectivity index (χ0v) is 6.39. The number of hydrogen-bond acceptors (Lipinski definition) is 4. The first-order chi connectivity index (χ1) is 5.95. The van der Waals surface area contributed by atoms with Crippen LogP contribution in [0, 0.1) is 0 Å². The topological polar surface area (TPSA) is 109 Å². The lowest BCUT2D eigenvalue weighted by molar-refractivity contribution is -0.148. The first-order valence-corrected chi connectivity index (χ1v) is 3.15. The maximum atomic E-state index is 10.4. The Kier molecular flexibility index (Phi) is 4.08. The molecule has 0 radical (unpaired) electrons. The second-order valence-corrected chi connectivity index (χ2v) is 2.00. The van der Waals surface area contributed by atoms with E-state index in [-0.39, 0.29) is 0 Å². The molecule has 0 fully saturated rings. The lowest BCUT2D eigenvalue weighted by Gasteiger charge is -1.86. The summed E-state index contributed by atoms with van der Waals surface area (Å²) in [5, 5.41) is 16.1. The van der Waals surface area contributed by atoms with E-state index < -0.39 is 29.9 Å². The molecule has 0 aromatic carbocycles. The SMILES string of the molecule is O=C(O)C(=O)C=CCC(=O)C(=O)O. The van der Waals surface area contributed by atoms with E-state index in [1.807, 2.05) is 0 Å². The highest BCUT2D eigenvalue weighted by molar-refractivity contribution is 6.37.